The van der Waals surface area contributed by atoms with Crippen LogP contribution in [0.4, 0.5) is 11.4 Å². The van der Waals surface area contributed by atoms with E-state index in [0.717, 1.165) is 36.5 Å². The van der Waals surface area contributed by atoms with Gasteiger partial charge in [-0.25, -0.2) is 0 Å². The van der Waals surface area contributed by atoms with Crippen molar-refractivity contribution in [3.8, 4) is 0 Å². The van der Waals surface area contributed by atoms with Crippen molar-refractivity contribution in [2.45, 2.75) is 26.7 Å². The predicted molar refractivity (Wildman–Crippen MR) is 83.6 cm³/mol. The van der Waals surface area contributed by atoms with Gasteiger partial charge in [-0.1, -0.05) is 13.8 Å². The molecule has 2 heterocycles. The number of pyridine rings is 1. The fourth-order valence-electron chi connectivity index (χ4n) is 2.08. The minimum atomic E-state index is -0.154. The lowest BCUT2D eigenvalue weighted by atomic mass is 10.2. The average Bonchev–Trinajstić information content (AvgIpc) is 2.85. The highest BCUT2D eigenvalue weighted by Crippen LogP contribution is 2.18. The van der Waals surface area contributed by atoms with E-state index in [1.165, 1.54) is 0 Å². The number of hydrogen-bond donors (Lipinski definition) is 2. The number of carbonyl (C=O) groups excluding carboxylic acids is 1. The van der Waals surface area contributed by atoms with E-state index in [2.05, 4.69) is 27.6 Å². The summed E-state index contributed by atoms with van der Waals surface area (Å²) in [5.41, 5.74) is 2.97. The summed E-state index contributed by atoms with van der Waals surface area (Å²) in [6.45, 7) is 4.89. The van der Waals surface area contributed by atoms with Crippen molar-refractivity contribution < 1.29 is 4.79 Å². The van der Waals surface area contributed by atoms with Gasteiger partial charge in [0.2, 0.25) is 0 Å². The van der Waals surface area contributed by atoms with Gasteiger partial charge in [-0.3, -0.25) is 14.5 Å². The topological polar surface area (TPSA) is 71.8 Å². The van der Waals surface area contributed by atoms with Crippen molar-refractivity contribution in [1.82, 2.24) is 14.8 Å². The van der Waals surface area contributed by atoms with Crippen LogP contribution in [0, 0.1) is 0 Å². The number of carbonyl (C=O) groups is 1. The smallest absolute Gasteiger partial charge is 0.257 e. The predicted octanol–water partition coefficient (Wildman–Crippen LogP) is 2.45. The Morgan fingerprint density at radius 1 is 1.33 bits per heavy atom. The molecule has 6 nitrogen and oxygen atoms in total. The monoisotopic (exact) mass is 287 g/mol. The molecule has 0 aromatic carbocycles. The van der Waals surface area contributed by atoms with E-state index in [0.29, 0.717) is 5.56 Å². The van der Waals surface area contributed by atoms with Crippen LogP contribution >= 0.6 is 0 Å². The minimum absolute atomic E-state index is 0.154. The molecule has 0 aliphatic rings. The number of aryl methyl sites for hydroxylation is 2. The summed E-state index contributed by atoms with van der Waals surface area (Å²) in [4.78, 5) is 16.5. The van der Waals surface area contributed by atoms with Crippen LogP contribution in [-0.2, 0) is 13.5 Å². The Morgan fingerprint density at radius 3 is 2.86 bits per heavy atom. The normalized spacial score (nSPS) is 10.4. The molecular weight excluding hydrogens is 266 g/mol. The van der Waals surface area contributed by atoms with Crippen LogP contribution in [0.5, 0.6) is 0 Å². The highest BCUT2D eigenvalue weighted by molar-refractivity contribution is 6.08. The Kier molecular flexibility index (Phi) is 4.92. The van der Waals surface area contributed by atoms with Crippen molar-refractivity contribution >= 4 is 17.3 Å². The molecular formula is C15H21N5O. The van der Waals surface area contributed by atoms with Gasteiger partial charge in [0, 0.05) is 26.0 Å². The van der Waals surface area contributed by atoms with Crippen LogP contribution in [0.2, 0.25) is 0 Å². The van der Waals surface area contributed by atoms with E-state index in [1.54, 1.807) is 23.1 Å². The molecule has 112 valence electrons. The van der Waals surface area contributed by atoms with Gasteiger partial charge in [0.05, 0.1) is 28.8 Å². The maximum atomic E-state index is 12.5. The molecule has 0 fully saturated rings. The molecule has 0 saturated carbocycles. The maximum Gasteiger partial charge on any atom is 0.257 e. The second-order valence-electron chi connectivity index (χ2n) is 4.82. The molecule has 0 bridgehead atoms. The first kappa shape index (κ1) is 15.0. The second-order valence-corrected chi connectivity index (χ2v) is 4.82. The van der Waals surface area contributed by atoms with Crippen LogP contribution < -0.4 is 10.6 Å². The van der Waals surface area contributed by atoms with E-state index >= 15 is 0 Å². The van der Waals surface area contributed by atoms with Gasteiger partial charge >= 0.3 is 0 Å². The number of amides is 1. The molecule has 2 N–H and O–H groups in total. The SMILES string of the molecule is CCCNc1cnccc1C(=O)Nc1cn(C)nc1CC. The largest absolute Gasteiger partial charge is 0.383 e. The summed E-state index contributed by atoms with van der Waals surface area (Å²) in [5, 5.41) is 10.5. The zero-order valence-corrected chi connectivity index (χ0v) is 12.7. The van der Waals surface area contributed by atoms with Gasteiger partial charge in [-0.15, -0.1) is 0 Å². The molecule has 0 spiro atoms. The molecule has 0 unspecified atom stereocenters. The number of nitrogens with one attached hydrogen (secondary N) is 2. The third kappa shape index (κ3) is 3.59. The summed E-state index contributed by atoms with van der Waals surface area (Å²) in [6, 6.07) is 1.72. The second kappa shape index (κ2) is 6.88. The Labute approximate surface area is 124 Å². The molecule has 0 aliphatic heterocycles. The zero-order chi connectivity index (χ0) is 15.2. The molecule has 0 aliphatic carbocycles. The highest BCUT2D eigenvalue weighted by atomic mass is 16.1. The van der Waals surface area contributed by atoms with Gasteiger partial charge in [-0.2, -0.15) is 5.10 Å². The van der Waals surface area contributed by atoms with Crippen molar-refractivity contribution in [1.29, 1.82) is 0 Å². The third-order valence-corrected chi connectivity index (χ3v) is 3.12. The molecule has 0 radical (unpaired) electrons. The minimum Gasteiger partial charge on any atom is -0.383 e. The van der Waals surface area contributed by atoms with Crippen LogP contribution in [0.15, 0.2) is 24.7 Å². The van der Waals surface area contributed by atoms with E-state index in [4.69, 9.17) is 0 Å². The van der Waals surface area contributed by atoms with E-state index in [-0.39, 0.29) is 5.91 Å². The van der Waals surface area contributed by atoms with Gasteiger partial charge in [-0.05, 0) is 18.9 Å². The highest BCUT2D eigenvalue weighted by Gasteiger charge is 2.14. The molecule has 21 heavy (non-hydrogen) atoms. The Balaban J connectivity index is 2.20. The number of rotatable bonds is 6. The molecule has 2 aromatic heterocycles. The molecule has 0 atom stereocenters. The van der Waals surface area contributed by atoms with E-state index in [1.807, 2.05) is 20.2 Å². The quantitative estimate of drug-likeness (QED) is 0.856. The van der Waals surface area contributed by atoms with Crippen molar-refractivity contribution in [3.05, 3.63) is 35.9 Å². The first-order chi connectivity index (χ1) is 10.2. The van der Waals surface area contributed by atoms with Gasteiger partial charge in [0.25, 0.3) is 5.91 Å². The van der Waals surface area contributed by atoms with Gasteiger partial charge in [0.15, 0.2) is 0 Å². The van der Waals surface area contributed by atoms with Crippen LogP contribution in [0.3, 0.4) is 0 Å². The lowest BCUT2D eigenvalue weighted by molar-refractivity contribution is 0.102. The van der Waals surface area contributed by atoms with Crippen molar-refractivity contribution in [2.75, 3.05) is 17.2 Å². The van der Waals surface area contributed by atoms with Crippen LogP contribution in [-0.4, -0.2) is 27.2 Å². The first-order valence-corrected chi connectivity index (χ1v) is 7.17. The summed E-state index contributed by atoms with van der Waals surface area (Å²) >= 11 is 0. The number of nitrogens with zero attached hydrogens (tertiary/aromatic N) is 3. The van der Waals surface area contributed by atoms with E-state index < -0.39 is 0 Å². The standard InChI is InChI=1S/C15H21N5O/c1-4-7-17-13-9-16-8-6-11(13)15(21)18-14-10-20(3)19-12(14)5-2/h6,8-10,17H,4-5,7H2,1-3H3,(H,18,21). The van der Waals surface area contributed by atoms with E-state index in [9.17, 15) is 4.79 Å². The Bertz CT molecular complexity index is 620. The Morgan fingerprint density at radius 2 is 2.14 bits per heavy atom. The average molecular weight is 287 g/mol. The maximum absolute atomic E-state index is 12.5. The number of anilines is 2. The molecule has 2 aromatic rings. The fourth-order valence-corrected chi connectivity index (χ4v) is 2.08. The summed E-state index contributed by atoms with van der Waals surface area (Å²) in [6.07, 6.45) is 6.87. The summed E-state index contributed by atoms with van der Waals surface area (Å²) in [7, 11) is 1.84. The molecule has 2 rings (SSSR count). The molecule has 6 heteroatoms. The summed E-state index contributed by atoms with van der Waals surface area (Å²) in [5.74, 6) is -0.154. The zero-order valence-electron chi connectivity index (χ0n) is 12.7. The molecule has 1 amide bonds. The van der Waals surface area contributed by atoms with Crippen LogP contribution in [0.1, 0.15) is 36.3 Å². The Hall–Kier alpha value is -2.37. The van der Waals surface area contributed by atoms with Crippen molar-refractivity contribution in [2.24, 2.45) is 7.05 Å². The van der Waals surface area contributed by atoms with Crippen molar-refractivity contribution in [3.63, 3.8) is 0 Å². The summed E-state index contributed by atoms with van der Waals surface area (Å²) < 4.78 is 1.71. The lowest BCUT2D eigenvalue weighted by Gasteiger charge is -2.10. The third-order valence-electron chi connectivity index (χ3n) is 3.12. The van der Waals surface area contributed by atoms with Gasteiger partial charge < -0.3 is 10.6 Å². The number of hydrogen-bond acceptors (Lipinski definition) is 4. The van der Waals surface area contributed by atoms with Crippen LogP contribution in [0.25, 0.3) is 0 Å². The lowest BCUT2D eigenvalue weighted by Crippen LogP contribution is -2.16. The fraction of sp³-hybridized carbons (Fsp3) is 0.400. The van der Waals surface area contributed by atoms with Gasteiger partial charge in [0.1, 0.15) is 0 Å². The first-order valence-electron chi connectivity index (χ1n) is 7.17. The number of aromatic nitrogens is 3. The molecule has 0 saturated heterocycles.